The van der Waals surface area contributed by atoms with Gasteiger partial charge in [-0.3, -0.25) is 9.69 Å². The average molecular weight is 206 g/mol. The van der Waals surface area contributed by atoms with E-state index in [-0.39, 0.29) is 5.91 Å². The first-order valence-corrected chi connectivity index (χ1v) is 4.87. The molecule has 0 radical (unpaired) electrons. The minimum absolute atomic E-state index is 0.0555. The molecule has 1 aliphatic heterocycles. The van der Waals surface area contributed by atoms with Gasteiger partial charge in [-0.05, 0) is 25.2 Å². The molecule has 0 saturated carbocycles. The molecule has 80 valence electrons. The molecule has 0 bridgehead atoms. The molecule has 1 aliphatic rings. The van der Waals surface area contributed by atoms with E-state index in [1.54, 1.807) is 0 Å². The van der Waals surface area contributed by atoms with Gasteiger partial charge in [0.25, 0.3) is 0 Å². The first-order chi connectivity index (χ1) is 7.15. The van der Waals surface area contributed by atoms with E-state index in [4.69, 9.17) is 4.74 Å². The van der Waals surface area contributed by atoms with E-state index < -0.39 is 0 Å². The maximum absolute atomic E-state index is 10.9. The number of ether oxygens (including phenoxy) is 1. The molecule has 0 spiro atoms. The van der Waals surface area contributed by atoms with Crippen molar-refractivity contribution >= 4 is 11.6 Å². The minimum atomic E-state index is -0.0555. The van der Waals surface area contributed by atoms with E-state index in [1.165, 1.54) is 6.92 Å². The van der Waals surface area contributed by atoms with Gasteiger partial charge in [0.2, 0.25) is 5.91 Å². The molecule has 4 heteroatoms. The van der Waals surface area contributed by atoms with Crippen LogP contribution in [0.15, 0.2) is 18.2 Å². The summed E-state index contributed by atoms with van der Waals surface area (Å²) >= 11 is 0. The van der Waals surface area contributed by atoms with E-state index in [1.807, 2.05) is 25.2 Å². The Labute approximate surface area is 88.8 Å². The van der Waals surface area contributed by atoms with Crippen LogP contribution in [0.5, 0.6) is 5.75 Å². The second-order valence-corrected chi connectivity index (χ2v) is 3.79. The minimum Gasteiger partial charge on any atom is -0.478 e. The molecule has 1 aromatic carbocycles. The van der Waals surface area contributed by atoms with Gasteiger partial charge in [-0.25, -0.2) is 0 Å². The molecule has 0 unspecified atom stereocenters. The van der Waals surface area contributed by atoms with Gasteiger partial charge in [0.1, 0.15) is 12.5 Å². The summed E-state index contributed by atoms with van der Waals surface area (Å²) in [6.07, 6.45) is 0. The summed E-state index contributed by atoms with van der Waals surface area (Å²) in [6, 6.07) is 5.70. The van der Waals surface area contributed by atoms with E-state index in [0.29, 0.717) is 6.73 Å². The summed E-state index contributed by atoms with van der Waals surface area (Å²) in [4.78, 5) is 13.0. The molecule has 1 N–H and O–H groups in total. The van der Waals surface area contributed by atoms with Gasteiger partial charge >= 0.3 is 0 Å². The highest BCUT2D eigenvalue weighted by atomic mass is 16.5. The van der Waals surface area contributed by atoms with E-state index in [0.717, 1.165) is 23.5 Å². The highest BCUT2D eigenvalue weighted by Gasteiger charge is 2.14. The standard InChI is InChI=1S/C11H14N2O2/c1-8(14)12-10-3-4-11-9(5-10)6-13(2)7-15-11/h3-5H,6-7H2,1-2H3,(H,12,14). The van der Waals surface area contributed by atoms with Crippen LogP contribution in [0.3, 0.4) is 0 Å². The quantitative estimate of drug-likeness (QED) is 0.755. The predicted molar refractivity (Wildman–Crippen MR) is 57.7 cm³/mol. The van der Waals surface area contributed by atoms with Gasteiger partial charge in [0, 0.05) is 24.7 Å². The topological polar surface area (TPSA) is 41.6 Å². The number of hydrogen-bond donors (Lipinski definition) is 1. The number of nitrogens with zero attached hydrogens (tertiary/aromatic N) is 1. The van der Waals surface area contributed by atoms with Crippen molar-refractivity contribution in [2.75, 3.05) is 19.1 Å². The summed E-state index contributed by atoms with van der Waals surface area (Å²) in [7, 11) is 1.99. The Balaban J connectivity index is 2.24. The van der Waals surface area contributed by atoms with Crippen molar-refractivity contribution in [2.24, 2.45) is 0 Å². The molecular formula is C11H14N2O2. The van der Waals surface area contributed by atoms with Gasteiger partial charge in [0.15, 0.2) is 0 Å². The maximum atomic E-state index is 10.9. The monoisotopic (exact) mass is 206 g/mol. The van der Waals surface area contributed by atoms with Crippen molar-refractivity contribution in [1.82, 2.24) is 4.90 Å². The predicted octanol–water partition coefficient (Wildman–Crippen LogP) is 1.43. The lowest BCUT2D eigenvalue weighted by molar-refractivity contribution is -0.114. The molecule has 1 amide bonds. The Morgan fingerprint density at radius 1 is 1.53 bits per heavy atom. The zero-order valence-corrected chi connectivity index (χ0v) is 8.91. The molecule has 0 aliphatic carbocycles. The van der Waals surface area contributed by atoms with Crippen LogP contribution in [0.4, 0.5) is 5.69 Å². The molecule has 0 atom stereocenters. The van der Waals surface area contributed by atoms with Crippen LogP contribution in [0.1, 0.15) is 12.5 Å². The van der Waals surface area contributed by atoms with Crippen molar-refractivity contribution in [3.63, 3.8) is 0 Å². The molecule has 4 nitrogen and oxygen atoms in total. The fourth-order valence-corrected chi connectivity index (χ4v) is 1.64. The first kappa shape index (κ1) is 9.98. The Hall–Kier alpha value is -1.55. The Morgan fingerprint density at radius 3 is 3.07 bits per heavy atom. The van der Waals surface area contributed by atoms with Crippen LogP contribution >= 0.6 is 0 Å². The number of hydrogen-bond acceptors (Lipinski definition) is 3. The lowest BCUT2D eigenvalue weighted by atomic mass is 10.1. The lowest BCUT2D eigenvalue weighted by Gasteiger charge is -2.25. The SMILES string of the molecule is CC(=O)Nc1ccc2c(c1)CN(C)CO2. The van der Waals surface area contributed by atoms with Crippen LogP contribution in [-0.2, 0) is 11.3 Å². The third-order valence-corrected chi connectivity index (χ3v) is 2.26. The summed E-state index contributed by atoms with van der Waals surface area (Å²) in [6.45, 7) is 2.97. The van der Waals surface area contributed by atoms with E-state index >= 15 is 0 Å². The molecular weight excluding hydrogens is 192 g/mol. The fraction of sp³-hybridized carbons (Fsp3) is 0.364. The number of anilines is 1. The lowest BCUT2D eigenvalue weighted by Crippen LogP contribution is -2.28. The van der Waals surface area contributed by atoms with Crippen LogP contribution in [0.2, 0.25) is 0 Å². The van der Waals surface area contributed by atoms with Crippen LogP contribution in [-0.4, -0.2) is 24.6 Å². The largest absolute Gasteiger partial charge is 0.478 e. The normalized spacial score (nSPS) is 15.3. The molecule has 1 aromatic rings. The molecule has 2 rings (SSSR count). The van der Waals surface area contributed by atoms with E-state index in [9.17, 15) is 4.79 Å². The first-order valence-electron chi connectivity index (χ1n) is 4.87. The molecule has 15 heavy (non-hydrogen) atoms. The number of benzene rings is 1. The third-order valence-electron chi connectivity index (χ3n) is 2.26. The smallest absolute Gasteiger partial charge is 0.221 e. The number of rotatable bonds is 1. The molecule has 1 heterocycles. The van der Waals surface area contributed by atoms with Gasteiger partial charge in [-0.1, -0.05) is 0 Å². The summed E-state index contributed by atoms with van der Waals surface area (Å²) < 4.78 is 5.51. The van der Waals surface area contributed by atoms with Gasteiger partial charge in [0.05, 0.1) is 0 Å². The second kappa shape index (κ2) is 3.90. The summed E-state index contributed by atoms with van der Waals surface area (Å²) in [5.74, 6) is 0.849. The average Bonchev–Trinajstić information content (AvgIpc) is 2.16. The number of fused-ring (bicyclic) bond motifs is 1. The maximum Gasteiger partial charge on any atom is 0.221 e. The van der Waals surface area contributed by atoms with Gasteiger partial charge in [-0.2, -0.15) is 0 Å². The number of carbonyl (C=O) groups is 1. The zero-order chi connectivity index (χ0) is 10.8. The van der Waals surface area contributed by atoms with Crippen LogP contribution < -0.4 is 10.1 Å². The van der Waals surface area contributed by atoms with Gasteiger partial charge < -0.3 is 10.1 Å². The number of nitrogens with one attached hydrogen (secondary N) is 1. The highest BCUT2D eigenvalue weighted by molar-refractivity contribution is 5.88. The van der Waals surface area contributed by atoms with Crippen molar-refractivity contribution in [3.05, 3.63) is 23.8 Å². The van der Waals surface area contributed by atoms with Gasteiger partial charge in [-0.15, -0.1) is 0 Å². The van der Waals surface area contributed by atoms with Crippen molar-refractivity contribution in [3.8, 4) is 5.75 Å². The van der Waals surface area contributed by atoms with Crippen LogP contribution in [0.25, 0.3) is 0 Å². The van der Waals surface area contributed by atoms with E-state index in [2.05, 4.69) is 10.2 Å². The number of carbonyl (C=O) groups excluding carboxylic acids is 1. The highest BCUT2D eigenvalue weighted by Crippen LogP contribution is 2.27. The molecule has 0 fully saturated rings. The number of amides is 1. The van der Waals surface area contributed by atoms with Crippen LogP contribution in [0, 0.1) is 0 Å². The summed E-state index contributed by atoms with van der Waals surface area (Å²) in [5.41, 5.74) is 1.93. The Kier molecular flexibility index (Phi) is 2.60. The third kappa shape index (κ3) is 2.27. The fourth-order valence-electron chi connectivity index (χ4n) is 1.64. The Bertz CT molecular complexity index is 390. The van der Waals surface area contributed by atoms with Crippen molar-refractivity contribution < 1.29 is 9.53 Å². The molecule has 0 aromatic heterocycles. The summed E-state index contributed by atoms with van der Waals surface area (Å²) in [5, 5.41) is 2.76. The zero-order valence-electron chi connectivity index (χ0n) is 8.91. The Morgan fingerprint density at radius 2 is 2.33 bits per heavy atom. The molecule has 0 saturated heterocycles. The van der Waals surface area contributed by atoms with Crippen molar-refractivity contribution in [1.29, 1.82) is 0 Å². The second-order valence-electron chi connectivity index (χ2n) is 3.79. The van der Waals surface area contributed by atoms with Crippen molar-refractivity contribution in [2.45, 2.75) is 13.5 Å².